The fraction of sp³-hybridized carbons (Fsp3) is 0.360. The summed E-state index contributed by atoms with van der Waals surface area (Å²) in [6.07, 6.45) is 5.77. The van der Waals surface area contributed by atoms with Crippen LogP contribution < -0.4 is 0 Å². The molecular formula is C25H29NO4S. The molecule has 1 unspecified atom stereocenters. The van der Waals surface area contributed by atoms with Gasteiger partial charge in [-0.25, -0.2) is 0 Å². The zero-order valence-corrected chi connectivity index (χ0v) is 18.8. The summed E-state index contributed by atoms with van der Waals surface area (Å²) in [5, 5.41) is 10.5. The van der Waals surface area contributed by atoms with Crippen molar-refractivity contribution in [3.63, 3.8) is 0 Å². The molecule has 1 heterocycles. The lowest BCUT2D eigenvalue weighted by Crippen LogP contribution is -2.23. The average Bonchev–Trinajstić information content (AvgIpc) is 3.54. The standard InChI is InChI=1S/C24H27NO2S.CH2O2/c1-17-16-28-24(25(17)2)23(27-15-18-10-11-18)21(12-13-26)14-20-8-5-7-19-6-3-4-9-22(19)20;2-1-3/h3-9,12-13,17-18H,10-11,14-16H2,1-2H3;1H,(H,2,3)/b21-12-,24-23-;. The van der Waals surface area contributed by atoms with Crippen molar-refractivity contribution in [2.75, 3.05) is 19.4 Å². The molecule has 0 aromatic heterocycles. The Morgan fingerprint density at radius 1 is 1.19 bits per heavy atom. The Labute approximate surface area is 187 Å². The molecule has 2 aliphatic rings. The normalized spacial score (nSPS) is 20.1. The van der Waals surface area contributed by atoms with Crippen molar-refractivity contribution >= 4 is 35.3 Å². The third kappa shape index (κ3) is 5.91. The number of carboxylic acid groups (broad SMARTS) is 1. The number of thioether (sulfide) groups is 1. The Morgan fingerprint density at radius 3 is 2.55 bits per heavy atom. The first-order valence-electron chi connectivity index (χ1n) is 10.5. The molecule has 6 heteroatoms. The lowest BCUT2D eigenvalue weighted by Gasteiger charge is -2.23. The SMILES string of the molecule is CC1CS/C(=C(OCC2CC2)/C(=C\C=O)Cc2cccc3ccccc23)N1C.O=CO. The minimum absolute atomic E-state index is 0.250. The molecule has 1 aliphatic heterocycles. The van der Waals surface area contributed by atoms with E-state index in [1.165, 1.54) is 29.2 Å². The van der Waals surface area contributed by atoms with E-state index in [0.29, 0.717) is 18.4 Å². The van der Waals surface area contributed by atoms with Gasteiger partial charge in [-0.05, 0) is 48.1 Å². The molecule has 2 aromatic carbocycles. The van der Waals surface area contributed by atoms with Gasteiger partial charge in [0.05, 0.1) is 6.61 Å². The van der Waals surface area contributed by atoms with Gasteiger partial charge in [-0.1, -0.05) is 42.5 Å². The van der Waals surface area contributed by atoms with E-state index in [-0.39, 0.29) is 6.47 Å². The van der Waals surface area contributed by atoms with Gasteiger partial charge in [-0.3, -0.25) is 9.59 Å². The Balaban J connectivity index is 0.000000858. The molecule has 1 saturated carbocycles. The van der Waals surface area contributed by atoms with Gasteiger partial charge >= 0.3 is 0 Å². The molecule has 2 aromatic rings. The number of carbonyl (C=O) groups excluding carboxylic acids is 1. The van der Waals surface area contributed by atoms with Crippen molar-refractivity contribution in [3.05, 3.63) is 70.5 Å². The number of aldehydes is 1. The van der Waals surface area contributed by atoms with Crippen molar-refractivity contribution in [3.8, 4) is 0 Å². The largest absolute Gasteiger partial charge is 0.490 e. The Hall–Kier alpha value is -2.73. The van der Waals surface area contributed by atoms with Crippen LogP contribution in [0.5, 0.6) is 0 Å². The second-order valence-electron chi connectivity index (χ2n) is 7.91. The first kappa shape index (κ1) is 22.9. The summed E-state index contributed by atoms with van der Waals surface area (Å²) in [4.78, 5) is 22.2. The molecule has 164 valence electrons. The van der Waals surface area contributed by atoms with Gasteiger partial charge in [0.1, 0.15) is 11.3 Å². The van der Waals surface area contributed by atoms with Crippen LogP contribution in [0, 0.1) is 5.92 Å². The number of rotatable bonds is 7. The van der Waals surface area contributed by atoms with E-state index < -0.39 is 0 Å². The number of fused-ring (bicyclic) bond motifs is 1. The number of hydrogen-bond acceptors (Lipinski definition) is 5. The maximum absolute atomic E-state index is 11.5. The smallest absolute Gasteiger partial charge is 0.290 e. The monoisotopic (exact) mass is 439 g/mol. The van der Waals surface area contributed by atoms with Crippen molar-refractivity contribution < 1.29 is 19.4 Å². The fourth-order valence-corrected chi connectivity index (χ4v) is 4.89. The maximum Gasteiger partial charge on any atom is 0.290 e. The Morgan fingerprint density at radius 2 is 1.90 bits per heavy atom. The van der Waals surface area contributed by atoms with Crippen LogP contribution in [0.2, 0.25) is 0 Å². The van der Waals surface area contributed by atoms with Gasteiger partial charge in [0.25, 0.3) is 6.47 Å². The van der Waals surface area contributed by atoms with Gasteiger partial charge in [0, 0.05) is 30.8 Å². The van der Waals surface area contributed by atoms with Crippen LogP contribution in [0.15, 0.2) is 64.9 Å². The second kappa shape index (κ2) is 11.0. The summed E-state index contributed by atoms with van der Waals surface area (Å²) in [6.45, 7) is 2.72. The zero-order chi connectivity index (χ0) is 22.2. The first-order chi connectivity index (χ1) is 15.1. The van der Waals surface area contributed by atoms with Crippen LogP contribution in [0.4, 0.5) is 0 Å². The lowest BCUT2D eigenvalue weighted by atomic mass is 9.97. The second-order valence-corrected chi connectivity index (χ2v) is 8.92. The van der Waals surface area contributed by atoms with Crippen LogP contribution in [0.1, 0.15) is 25.3 Å². The first-order valence-corrected chi connectivity index (χ1v) is 11.5. The fourth-order valence-electron chi connectivity index (χ4n) is 3.57. The quantitative estimate of drug-likeness (QED) is 0.377. The Bertz CT molecular complexity index is 975. The highest BCUT2D eigenvalue weighted by molar-refractivity contribution is 8.03. The van der Waals surface area contributed by atoms with Crippen LogP contribution in [0.3, 0.4) is 0 Å². The summed E-state index contributed by atoms with van der Waals surface area (Å²) >= 11 is 1.83. The van der Waals surface area contributed by atoms with Gasteiger partial charge in [-0.2, -0.15) is 0 Å². The van der Waals surface area contributed by atoms with E-state index in [1.54, 1.807) is 6.08 Å². The average molecular weight is 440 g/mol. The Kier molecular flexibility index (Phi) is 8.18. The lowest BCUT2D eigenvalue weighted by molar-refractivity contribution is -0.122. The molecular weight excluding hydrogens is 410 g/mol. The molecule has 1 saturated heterocycles. The highest BCUT2D eigenvalue weighted by Gasteiger charge is 2.29. The molecule has 0 amide bonds. The van der Waals surface area contributed by atoms with Crippen molar-refractivity contribution in [2.24, 2.45) is 5.92 Å². The van der Waals surface area contributed by atoms with Gasteiger partial charge in [0.15, 0.2) is 5.76 Å². The summed E-state index contributed by atoms with van der Waals surface area (Å²) in [7, 11) is 2.12. The predicted octanol–water partition coefficient (Wildman–Crippen LogP) is 4.87. The number of allylic oxidation sites excluding steroid dienone is 2. The van der Waals surface area contributed by atoms with Crippen molar-refractivity contribution in [1.82, 2.24) is 4.90 Å². The third-order valence-corrected chi connectivity index (χ3v) is 7.01. The third-order valence-electron chi connectivity index (χ3n) is 5.62. The number of hydrogen-bond donors (Lipinski definition) is 1. The van der Waals surface area contributed by atoms with Crippen molar-refractivity contribution in [1.29, 1.82) is 0 Å². The molecule has 0 bridgehead atoms. The number of nitrogens with zero attached hydrogens (tertiary/aromatic N) is 1. The van der Waals surface area contributed by atoms with Gasteiger partial charge < -0.3 is 14.7 Å². The zero-order valence-electron chi connectivity index (χ0n) is 18.0. The molecule has 0 radical (unpaired) electrons. The van der Waals surface area contributed by atoms with Gasteiger partial charge in [0.2, 0.25) is 0 Å². The maximum atomic E-state index is 11.5. The number of carbonyl (C=O) groups is 2. The van der Waals surface area contributed by atoms with Crippen molar-refractivity contribution in [2.45, 2.75) is 32.2 Å². The van der Waals surface area contributed by atoms with E-state index in [2.05, 4.69) is 61.3 Å². The predicted molar refractivity (Wildman–Crippen MR) is 126 cm³/mol. The minimum Gasteiger partial charge on any atom is -0.490 e. The van der Waals surface area contributed by atoms with E-state index in [4.69, 9.17) is 14.6 Å². The molecule has 1 aliphatic carbocycles. The molecule has 4 rings (SSSR count). The molecule has 31 heavy (non-hydrogen) atoms. The van der Waals surface area contributed by atoms with E-state index in [0.717, 1.165) is 35.0 Å². The summed E-state index contributed by atoms with van der Waals surface area (Å²) in [6, 6.07) is 15.3. The minimum atomic E-state index is -0.250. The van der Waals surface area contributed by atoms with Crippen LogP contribution in [0.25, 0.3) is 10.8 Å². The van der Waals surface area contributed by atoms with Gasteiger partial charge in [-0.15, -0.1) is 11.8 Å². The molecule has 1 N–H and O–H groups in total. The van der Waals surface area contributed by atoms with Crippen LogP contribution in [-0.2, 0) is 20.7 Å². The summed E-state index contributed by atoms with van der Waals surface area (Å²) < 4.78 is 6.36. The summed E-state index contributed by atoms with van der Waals surface area (Å²) in [5.74, 6) is 2.61. The van der Waals surface area contributed by atoms with E-state index >= 15 is 0 Å². The molecule has 1 atom stereocenters. The number of ether oxygens (including phenoxy) is 1. The molecule has 0 spiro atoms. The molecule has 5 nitrogen and oxygen atoms in total. The highest BCUT2D eigenvalue weighted by Crippen LogP contribution is 2.39. The van der Waals surface area contributed by atoms with Crippen LogP contribution in [-0.4, -0.2) is 48.2 Å². The topological polar surface area (TPSA) is 66.8 Å². The van der Waals surface area contributed by atoms with Crippen LogP contribution >= 0.6 is 11.8 Å². The number of benzene rings is 2. The van der Waals surface area contributed by atoms with E-state index in [9.17, 15) is 4.79 Å². The summed E-state index contributed by atoms with van der Waals surface area (Å²) in [5.41, 5.74) is 2.19. The molecule has 2 fully saturated rings. The highest BCUT2D eigenvalue weighted by atomic mass is 32.2. The van der Waals surface area contributed by atoms with E-state index in [1.807, 2.05) is 11.8 Å².